The third-order valence-electron chi connectivity index (χ3n) is 19.8. The van der Waals surface area contributed by atoms with E-state index in [1.807, 2.05) is 133 Å². The van der Waals surface area contributed by atoms with Crippen molar-refractivity contribution in [3.63, 3.8) is 0 Å². The van der Waals surface area contributed by atoms with Crippen LogP contribution in [0, 0.1) is 24.2 Å². The summed E-state index contributed by atoms with van der Waals surface area (Å²) >= 11 is 1.59. The van der Waals surface area contributed by atoms with Crippen LogP contribution in [0.3, 0.4) is 0 Å². The van der Waals surface area contributed by atoms with Crippen molar-refractivity contribution in [1.29, 1.82) is 0 Å². The van der Waals surface area contributed by atoms with E-state index in [4.69, 9.17) is 9.72 Å². The molecule has 5 aliphatic rings. The SMILES string of the molecule is CNCCN1CCC(c2cc(CN(C)C(=O)c3cccc(Oc4ccc(CCC(=O)N5CCC(CN6CCC(CN7CCN(CC(=O)N[C@H](C(=O)N8C[C@H](O)C[C@H]8C(=O)N[C@@H](C)c8ccc(-c9scnc9C)cc8)C(C)(C)C)CC7)CC6)CC5)cc4)c3)ccn2)CC1. The van der Waals surface area contributed by atoms with Gasteiger partial charge in [0.2, 0.25) is 23.6 Å². The van der Waals surface area contributed by atoms with Crippen molar-refractivity contribution < 1.29 is 33.8 Å². The molecule has 10 rings (SSSR count). The first-order chi connectivity index (χ1) is 44.3. The van der Waals surface area contributed by atoms with E-state index in [-0.39, 0.29) is 55.1 Å². The number of carbonyl (C=O) groups excluding carboxylic acids is 5. The van der Waals surface area contributed by atoms with Crippen LogP contribution in [-0.4, -0.2) is 216 Å². The van der Waals surface area contributed by atoms with Crippen molar-refractivity contribution in [2.75, 3.05) is 119 Å². The van der Waals surface area contributed by atoms with Crippen molar-refractivity contribution in [2.45, 2.75) is 129 Å². The van der Waals surface area contributed by atoms with Gasteiger partial charge < -0.3 is 55.2 Å². The predicted octanol–water partition coefficient (Wildman–Crippen LogP) is 7.85. The Bertz CT molecular complexity index is 3230. The number of thiazole rings is 1. The van der Waals surface area contributed by atoms with Crippen LogP contribution in [0.1, 0.15) is 129 Å². The number of piperazine rings is 1. The van der Waals surface area contributed by atoms with Gasteiger partial charge in [-0.2, -0.15) is 0 Å². The van der Waals surface area contributed by atoms with Gasteiger partial charge in [0, 0.05) is 122 Å². The number of aliphatic hydroxyl groups excluding tert-OH is 1. The summed E-state index contributed by atoms with van der Waals surface area (Å²) in [5, 5.41) is 20.2. The van der Waals surface area contributed by atoms with Gasteiger partial charge in [-0.1, -0.05) is 63.2 Å². The molecule has 0 bridgehead atoms. The van der Waals surface area contributed by atoms with Gasteiger partial charge >= 0.3 is 0 Å². The number of hydrogen-bond acceptors (Lipinski definition) is 15. The highest BCUT2D eigenvalue weighted by Gasteiger charge is 2.45. The molecule has 4 atom stereocenters. The number of ether oxygens (including phenoxy) is 1. The number of amides is 5. The highest BCUT2D eigenvalue weighted by molar-refractivity contribution is 7.13. The Labute approximate surface area is 549 Å². The molecule has 0 spiro atoms. The van der Waals surface area contributed by atoms with Crippen LogP contribution in [0.2, 0.25) is 0 Å². The zero-order valence-electron chi connectivity index (χ0n) is 55.5. The summed E-state index contributed by atoms with van der Waals surface area (Å²) in [7, 11) is 3.83. The number of likely N-dealkylation sites (N-methyl/N-ethyl adjacent to an activating group) is 1. The van der Waals surface area contributed by atoms with Crippen molar-refractivity contribution in [3.8, 4) is 21.9 Å². The van der Waals surface area contributed by atoms with Crippen molar-refractivity contribution >= 4 is 40.9 Å². The van der Waals surface area contributed by atoms with E-state index in [2.05, 4.69) is 51.5 Å². The summed E-state index contributed by atoms with van der Waals surface area (Å²) in [5.74, 6) is 2.16. The molecule has 5 aliphatic heterocycles. The van der Waals surface area contributed by atoms with Gasteiger partial charge in [0.1, 0.15) is 23.6 Å². The topological polar surface area (TPSA) is 199 Å². The summed E-state index contributed by atoms with van der Waals surface area (Å²) in [6.45, 7) is 23.9. The molecule has 20 heteroatoms. The van der Waals surface area contributed by atoms with Crippen LogP contribution in [0.4, 0.5) is 0 Å². The highest BCUT2D eigenvalue weighted by atomic mass is 32.1. The van der Waals surface area contributed by atoms with Crippen LogP contribution >= 0.6 is 11.3 Å². The molecule has 19 nitrogen and oxygen atoms in total. The average Bonchev–Trinajstić information content (AvgIpc) is 1.67. The van der Waals surface area contributed by atoms with Crippen LogP contribution < -0.4 is 20.7 Å². The van der Waals surface area contributed by atoms with Crippen molar-refractivity contribution in [1.82, 2.24) is 60.2 Å². The molecular formula is C72H100N12O7S. The lowest BCUT2D eigenvalue weighted by Crippen LogP contribution is -2.59. The second-order valence-electron chi connectivity index (χ2n) is 27.8. The minimum absolute atomic E-state index is 0.0248. The van der Waals surface area contributed by atoms with E-state index in [9.17, 15) is 29.1 Å². The van der Waals surface area contributed by atoms with Crippen molar-refractivity contribution in [3.05, 3.63) is 130 Å². The second-order valence-corrected chi connectivity index (χ2v) is 28.6. The number of nitrogens with one attached hydrogen (secondary N) is 3. The Morgan fingerprint density at radius 3 is 2.08 bits per heavy atom. The highest BCUT2D eigenvalue weighted by Crippen LogP contribution is 2.33. The average molecular weight is 1280 g/mol. The van der Waals surface area contributed by atoms with Crippen LogP contribution in [0.15, 0.2) is 96.6 Å². The molecule has 3 aromatic carbocycles. The first kappa shape index (κ1) is 68.2. The summed E-state index contributed by atoms with van der Waals surface area (Å²) in [6.07, 6.45) is 8.90. The molecule has 0 unspecified atom stereocenters. The number of piperidine rings is 3. The summed E-state index contributed by atoms with van der Waals surface area (Å²) in [4.78, 5) is 94.3. The first-order valence-corrected chi connectivity index (χ1v) is 34.7. The van der Waals surface area contributed by atoms with Gasteiger partial charge in [-0.25, -0.2) is 4.98 Å². The number of hydrogen-bond donors (Lipinski definition) is 4. The summed E-state index contributed by atoms with van der Waals surface area (Å²) in [5.41, 5.74) is 7.99. The standard InChI is InChI=1S/C72H100N12O7S/c1-50(56-14-16-58(17-15-56)67-51(2)75-49-92-67)76-69(88)64-43-60(85)47-84(64)71(90)68(72(3,4)5)77-65(86)48-82-39-37-81(38-40-82)46-53-22-30-80(31-23-53)45-54-24-34-83(35-25-54)66(87)20-13-52-11-18-61(19-12-52)91-62-10-8-9-59(42-62)70(89)78(7)44-55-21-28-74-63(41-55)57-26-32-79(33-27-57)36-29-73-6/h8-12,14-19,21,28,41-42,49-50,53-54,57,60,64,68,73,85H,13,20,22-27,29-40,43-48H2,1-7H3,(H,76,88)(H,77,86)/t50-,60+,64-,68+/m0/s1. The van der Waals surface area contributed by atoms with E-state index in [1.54, 1.807) is 22.3 Å². The molecular weight excluding hydrogens is 1180 g/mol. The van der Waals surface area contributed by atoms with Crippen LogP contribution in [0.25, 0.3) is 10.4 Å². The molecule has 4 N–H and O–H groups in total. The van der Waals surface area contributed by atoms with E-state index < -0.39 is 23.6 Å². The van der Waals surface area contributed by atoms with Gasteiger partial charge in [-0.3, -0.25) is 33.9 Å². The number of β-amino-alcohol motifs (C(OH)–C–C–N with tert-alkyl or cyclic N) is 1. The quantitative estimate of drug-likeness (QED) is 0.0466. The smallest absolute Gasteiger partial charge is 0.254 e. The van der Waals surface area contributed by atoms with Gasteiger partial charge in [0.25, 0.3) is 5.91 Å². The van der Waals surface area contributed by atoms with Gasteiger partial charge in [-0.15, -0.1) is 11.3 Å². The zero-order valence-corrected chi connectivity index (χ0v) is 56.3. The Kier molecular flexibility index (Phi) is 23.7. The van der Waals surface area contributed by atoms with E-state index in [0.717, 1.165) is 156 Å². The van der Waals surface area contributed by atoms with Crippen molar-refractivity contribution in [2.24, 2.45) is 17.3 Å². The summed E-state index contributed by atoms with van der Waals surface area (Å²) < 4.78 is 6.23. The molecule has 0 radical (unpaired) electrons. The lowest BCUT2D eigenvalue weighted by Gasteiger charge is -2.40. The Morgan fingerprint density at radius 2 is 1.41 bits per heavy atom. The number of likely N-dealkylation sites (tertiary alicyclic amines) is 4. The molecule has 2 aromatic heterocycles. The first-order valence-electron chi connectivity index (χ1n) is 33.8. The lowest BCUT2D eigenvalue weighted by molar-refractivity contribution is -0.144. The normalized spacial score (nSPS) is 20.2. The van der Waals surface area contributed by atoms with E-state index in [0.29, 0.717) is 54.2 Å². The molecule has 0 saturated carbocycles. The van der Waals surface area contributed by atoms with Crippen LogP contribution in [0.5, 0.6) is 11.5 Å². The monoisotopic (exact) mass is 1280 g/mol. The fraction of sp³-hybridized carbons (Fsp3) is 0.569. The molecule has 496 valence electrons. The minimum atomic E-state index is -0.881. The molecule has 5 amide bonds. The molecule has 5 aromatic rings. The number of nitrogens with zero attached hydrogens (tertiary/aromatic N) is 9. The molecule has 7 heterocycles. The number of rotatable bonds is 24. The third-order valence-corrected chi connectivity index (χ3v) is 20.7. The fourth-order valence-electron chi connectivity index (χ4n) is 14.1. The molecule has 5 saturated heterocycles. The Balaban J connectivity index is 0.584. The van der Waals surface area contributed by atoms with E-state index >= 15 is 0 Å². The maximum atomic E-state index is 14.3. The number of carbonyl (C=O) groups is 5. The van der Waals surface area contributed by atoms with Gasteiger partial charge in [0.05, 0.1) is 34.8 Å². The number of aliphatic hydroxyl groups is 1. The maximum absolute atomic E-state index is 14.3. The number of aromatic nitrogens is 2. The molecule has 0 aliphatic carbocycles. The zero-order chi connectivity index (χ0) is 64.9. The van der Waals surface area contributed by atoms with Gasteiger partial charge in [-0.05, 0) is 174 Å². The predicted molar refractivity (Wildman–Crippen MR) is 361 cm³/mol. The van der Waals surface area contributed by atoms with Crippen LogP contribution in [-0.2, 0) is 32.1 Å². The minimum Gasteiger partial charge on any atom is -0.457 e. The number of pyridine rings is 1. The molecule has 92 heavy (non-hydrogen) atoms. The Hall–Kier alpha value is -6.65. The largest absolute Gasteiger partial charge is 0.457 e. The fourth-order valence-corrected chi connectivity index (χ4v) is 14.9. The number of aryl methyl sites for hydroxylation is 2. The van der Waals surface area contributed by atoms with Gasteiger partial charge in [0.15, 0.2) is 0 Å². The second kappa shape index (κ2) is 32.0. The summed E-state index contributed by atoms with van der Waals surface area (Å²) in [6, 6.07) is 25.4. The lowest BCUT2D eigenvalue weighted by atomic mass is 9.85. The number of benzene rings is 3. The third kappa shape index (κ3) is 18.6. The van der Waals surface area contributed by atoms with E-state index in [1.165, 1.54) is 17.7 Å². The Morgan fingerprint density at radius 1 is 0.750 bits per heavy atom. The maximum Gasteiger partial charge on any atom is 0.254 e. The molecule has 5 fully saturated rings.